The largest absolute Gasteiger partial charge is 0.416 e. The Morgan fingerprint density at radius 1 is 1.19 bits per heavy atom. The minimum Gasteiger partial charge on any atom is -0.325 e. The zero-order valence-corrected chi connectivity index (χ0v) is 16.8. The number of H-pyrrole nitrogens is 1. The summed E-state index contributed by atoms with van der Waals surface area (Å²) in [6.07, 6.45) is -4.55. The van der Waals surface area contributed by atoms with E-state index in [1.165, 1.54) is 6.07 Å². The molecule has 3 aromatic rings. The molecular formula is C21H18F3N5O3. The van der Waals surface area contributed by atoms with Crippen LogP contribution in [0.2, 0.25) is 0 Å². The molecule has 8 nitrogen and oxygen atoms in total. The molecule has 1 aromatic heterocycles. The second-order valence-corrected chi connectivity index (χ2v) is 7.42. The van der Waals surface area contributed by atoms with Gasteiger partial charge < -0.3 is 10.3 Å². The maximum atomic E-state index is 12.8. The number of hydrogen-bond donors (Lipinski definition) is 3. The molecule has 0 aliphatic carbocycles. The van der Waals surface area contributed by atoms with E-state index in [2.05, 4.69) is 20.6 Å². The molecule has 2 aromatic carbocycles. The van der Waals surface area contributed by atoms with Gasteiger partial charge in [-0.05, 0) is 49.2 Å². The van der Waals surface area contributed by atoms with Crippen LogP contribution in [0.15, 0.2) is 42.5 Å². The molecule has 1 unspecified atom stereocenters. The number of benzene rings is 2. The van der Waals surface area contributed by atoms with Crippen LogP contribution in [0.4, 0.5) is 29.6 Å². The molecule has 1 saturated heterocycles. The van der Waals surface area contributed by atoms with Gasteiger partial charge in [-0.3, -0.25) is 14.9 Å². The molecule has 2 heterocycles. The van der Waals surface area contributed by atoms with Crippen molar-refractivity contribution in [2.24, 2.45) is 0 Å². The molecule has 0 radical (unpaired) electrons. The third-order valence-electron chi connectivity index (χ3n) is 5.01. The Kier molecular flexibility index (Phi) is 5.33. The first-order valence-electron chi connectivity index (χ1n) is 9.70. The molecule has 3 N–H and O–H groups in total. The number of aromatic nitrogens is 2. The smallest absolute Gasteiger partial charge is 0.325 e. The molecule has 1 fully saturated rings. The molecule has 0 bridgehead atoms. The van der Waals surface area contributed by atoms with E-state index < -0.39 is 35.6 Å². The van der Waals surface area contributed by atoms with Crippen molar-refractivity contribution in [3.8, 4) is 0 Å². The molecule has 11 heteroatoms. The first-order chi connectivity index (χ1) is 15.1. The van der Waals surface area contributed by atoms with Crippen LogP contribution in [-0.4, -0.2) is 33.9 Å². The van der Waals surface area contributed by atoms with Crippen molar-refractivity contribution in [3.05, 3.63) is 53.6 Å². The number of anilines is 2. The van der Waals surface area contributed by atoms with E-state index in [9.17, 15) is 27.6 Å². The highest BCUT2D eigenvalue weighted by Gasteiger charge is 2.39. The summed E-state index contributed by atoms with van der Waals surface area (Å²) in [5.41, 5.74) is 0.890. The Morgan fingerprint density at radius 2 is 1.97 bits per heavy atom. The quantitative estimate of drug-likeness (QED) is 0.520. The van der Waals surface area contributed by atoms with Crippen LogP contribution in [0.1, 0.15) is 24.0 Å². The standard InChI is InChI=1S/C21H18F3N5O3/c1-11-3-2-4-13(9-11)29-18(31)15(27-20(29)32)7-8-17(30)28-19-25-14-6-5-12(21(22,23)24)10-16(14)26-19/h2-6,9-10,15H,7-8H2,1H3,(H,27,32)(H2,25,26,28,30). The summed E-state index contributed by atoms with van der Waals surface area (Å²) in [5.74, 6) is -0.972. The number of imide groups is 1. The van der Waals surface area contributed by atoms with Crippen molar-refractivity contribution < 1.29 is 27.6 Å². The highest BCUT2D eigenvalue weighted by molar-refractivity contribution is 6.21. The van der Waals surface area contributed by atoms with Crippen molar-refractivity contribution in [2.45, 2.75) is 32.0 Å². The maximum absolute atomic E-state index is 12.8. The fourth-order valence-corrected chi connectivity index (χ4v) is 3.45. The van der Waals surface area contributed by atoms with E-state index in [0.29, 0.717) is 5.69 Å². The molecule has 32 heavy (non-hydrogen) atoms. The Balaban J connectivity index is 1.38. The topological polar surface area (TPSA) is 107 Å². The molecule has 4 amide bonds. The minimum atomic E-state index is -4.49. The number of alkyl halides is 3. The fraction of sp³-hybridized carbons (Fsp3) is 0.238. The summed E-state index contributed by atoms with van der Waals surface area (Å²) < 4.78 is 38.5. The number of carbonyl (C=O) groups is 3. The lowest BCUT2D eigenvalue weighted by Crippen LogP contribution is -2.31. The number of nitrogens with zero attached hydrogens (tertiary/aromatic N) is 2. The summed E-state index contributed by atoms with van der Waals surface area (Å²) in [6.45, 7) is 1.84. The van der Waals surface area contributed by atoms with Gasteiger partial charge in [0.05, 0.1) is 22.3 Å². The second-order valence-electron chi connectivity index (χ2n) is 7.42. The molecule has 1 aliphatic heterocycles. The average Bonchev–Trinajstić information content (AvgIpc) is 3.24. The number of halogens is 3. The number of urea groups is 1. The van der Waals surface area contributed by atoms with E-state index in [4.69, 9.17) is 0 Å². The highest BCUT2D eigenvalue weighted by Crippen LogP contribution is 2.31. The number of aromatic amines is 1. The van der Waals surface area contributed by atoms with Gasteiger partial charge in [0.2, 0.25) is 11.9 Å². The molecule has 0 saturated carbocycles. The third kappa shape index (κ3) is 4.27. The highest BCUT2D eigenvalue weighted by atomic mass is 19.4. The predicted octanol–water partition coefficient (Wildman–Crippen LogP) is 3.73. The number of nitrogens with one attached hydrogen (secondary N) is 3. The van der Waals surface area contributed by atoms with Gasteiger partial charge in [0.25, 0.3) is 5.91 Å². The van der Waals surface area contributed by atoms with Crippen molar-refractivity contribution in [1.82, 2.24) is 15.3 Å². The number of carbonyl (C=O) groups excluding carboxylic acids is 3. The molecule has 4 rings (SSSR count). The van der Waals surface area contributed by atoms with E-state index in [-0.39, 0.29) is 29.8 Å². The van der Waals surface area contributed by atoms with Crippen molar-refractivity contribution in [1.29, 1.82) is 0 Å². The lowest BCUT2D eigenvalue weighted by atomic mass is 10.1. The summed E-state index contributed by atoms with van der Waals surface area (Å²) in [6, 6.07) is 8.51. The van der Waals surface area contributed by atoms with Gasteiger partial charge in [-0.25, -0.2) is 14.7 Å². The predicted molar refractivity (Wildman–Crippen MR) is 110 cm³/mol. The van der Waals surface area contributed by atoms with Crippen molar-refractivity contribution in [3.63, 3.8) is 0 Å². The Hall–Kier alpha value is -3.89. The first-order valence-corrected chi connectivity index (χ1v) is 9.70. The van der Waals surface area contributed by atoms with Crippen molar-refractivity contribution >= 4 is 40.5 Å². The molecule has 166 valence electrons. The SMILES string of the molecule is Cc1cccc(N2C(=O)NC(CCC(=O)Nc3nc4ccc(C(F)(F)F)cc4[nH]3)C2=O)c1. The third-order valence-corrected chi connectivity index (χ3v) is 5.01. The van der Waals surface area contributed by atoms with Crippen LogP contribution < -0.4 is 15.5 Å². The Labute approximate surface area is 179 Å². The normalized spacial score (nSPS) is 16.5. The van der Waals surface area contributed by atoms with Gasteiger partial charge >= 0.3 is 12.2 Å². The Bertz CT molecular complexity index is 1220. The lowest BCUT2D eigenvalue weighted by molar-refractivity contribution is -0.137. The summed E-state index contributed by atoms with van der Waals surface area (Å²) in [5, 5.41) is 5.03. The fourth-order valence-electron chi connectivity index (χ4n) is 3.45. The van der Waals surface area contributed by atoms with Gasteiger partial charge in [0.1, 0.15) is 6.04 Å². The molecule has 1 atom stereocenters. The van der Waals surface area contributed by atoms with Crippen LogP contribution in [0, 0.1) is 6.92 Å². The van der Waals surface area contributed by atoms with E-state index in [1.807, 2.05) is 13.0 Å². The zero-order valence-electron chi connectivity index (χ0n) is 16.8. The van der Waals surface area contributed by atoms with Gasteiger partial charge in [-0.2, -0.15) is 13.2 Å². The molecule has 0 spiro atoms. The van der Waals surface area contributed by atoms with Crippen LogP contribution >= 0.6 is 0 Å². The van der Waals surface area contributed by atoms with Crippen LogP contribution in [0.3, 0.4) is 0 Å². The van der Waals surface area contributed by atoms with Crippen LogP contribution in [-0.2, 0) is 15.8 Å². The summed E-state index contributed by atoms with van der Waals surface area (Å²) >= 11 is 0. The van der Waals surface area contributed by atoms with Gasteiger partial charge in [0, 0.05) is 6.42 Å². The van der Waals surface area contributed by atoms with Crippen LogP contribution in [0.5, 0.6) is 0 Å². The number of rotatable bonds is 5. The monoisotopic (exact) mass is 445 g/mol. The van der Waals surface area contributed by atoms with E-state index in [1.54, 1.807) is 18.2 Å². The molecule has 1 aliphatic rings. The number of hydrogen-bond acceptors (Lipinski definition) is 4. The number of imidazole rings is 1. The van der Waals surface area contributed by atoms with E-state index in [0.717, 1.165) is 22.6 Å². The van der Waals surface area contributed by atoms with Gasteiger partial charge in [-0.15, -0.1) is 0 Å². The van der Waals surface area contributed by atoms with Crippen molar-refractivity contribution in [2.75, 3.05) is 10.2 Å². The Morgan fingerprint density at radius 3 is 2.69 bits per heavy atom. The minimum absolute atomic E-state index is 0.00695. The first kappa shape index (κ1) is 21.3. The zero-order chi connectivity index (χ0) is 23.0. The van der Waals surface area contributed by atoms with Crippen LogP contribution in [0.25, 0.3) is 11.0 Å². The number of aryl methyl sites for hydroxylation is 1. The van der Waals surface area contributed by atoms with Gasteiger partial charge in [0.15, 0.2) is 0 Å². The lowest BCUT2D eigenvalue weighted by Gasteiger charge is -2.13. The summed E-state index contributed by atoms with van der Waals surface area (Å²) in [7, 11) is 0. The van der Waals surface area contributed by atoms with E-state index >= 15 is 0 Å². The van der Waals surface area contributed by atoms with Gasteiger partial charge in [-0.1, -0.05) is 12.1 Å². The average molecular weight is 445 g/mol. The number of amides is 4. The number of fused-ring (bicyclic) bond motifs is 1. The second kappa shape index (κ2) is 7.98. The maximum Gasteiger partial charge on any atom is 0.416 e. The summed E-state index contributed by atoms with van der Waals surface area (Å²) in [4.78, 5) is 44.8. The molecular weight excluding hydrogens is 427 g/mol.